The van der Waals surface area contributed by atoms with Crippen molar-refractivity contribution in [3.05, 3.63) is 42.5 Å². The molecule has 1 unspecified atom stereocenters. The van der Waals surface area contributed by atoms with Crippen LogP contribution in [0.25, 0.3) is 0 Å². The zero-order valence-corrected chi connectivity index (χ0v) is 15.0. The topological polar surface area (TPSA) is 51.6 Å². The highest BCUT2D eigenvalue weighted by atomic mass is 35.5. The summed E-state index contributed by atoms with van der Waals surface area (Å²) >= 11 is 0. The molecule has 0 aliphatic carbocycles. The molecule has 1 aliphatic heterocycles. The predicted octanol–water partition coefficient (Wildman–Crippen LogP) is 1.88. The number of hydrogen-bond donors (Lipinski definition) is 1. The van der Waals surface area contributed by atoms with Gasteiger partial charge in [0.05, 0.1) is 13.2 Å². The first kappa shape index (κ1) is 18.6. The molecule has 0 radical (unpaired) electrons. The number of rotatable bonds is 6. The van der Waals surface area contributed by atoms with Gasteiger partial charge in [-0.15, -0.1) is 12.4 Å². The van der Waals surface area contributed by atoms with Gasteiger partial charge in [0, 0.05) is 45.6 Å². The van der Waals surface area contributed by atoms with Gasteiger partial charge in [0.2, 0.25) is 0 Å². The maximum absolute atomic E-state index is 5.86. The molecular formula is C17H25ClN4O2. The van der Waals surface area contributed by atoms with Crippen molar-refractivity contribution in [2.75, 3.05) is 39.9 Å². The van der Waals surface area contributed by atoms with E-state index in [1.54, 1.807) is 7.11 Å². The summed E-state index contributed by atoms with van der Waals surface area (Å²) in [5, 5.41) is 3.45. The van der Waals surface area contributed by atoms with E-state index < -0.39 is 0 Å². The summed E-state index contributed by atoms with van der Waals surface area (Å²) in [5.41, 5.74) is 0. The number of nitrogens with zero attached hydrogens (tertiary/aromatic N) is 3. The quantitative estimate of drug-likeness (QED) is 0.860. The molecule has 1 atom stereocenters. The van der Waals surface area contributed by atoms with Gasteiger partial charge in [-0.2, -0.15) is 0 Å². The predicted molar refractivity (Wildman–Crippen MR) is 96.1 cm³/mol. The summed E-state index contributed by atoms with van der Waals surface area (Å²) in [6, 6.07) is 8.00. The molecule has 2 aromatic rings. The van der Waals surface area contributed by atoms with E-state index in [4.69, 9.17) is 9.47 Å². The minimum absolute atomic E-state index is 0. The first-order valence-electron chi connectivity index (χ1n) is 7.97. The zero-order chi connectivity index (χ0) is 16.1. The van der Waals surface area contributed by atoms with Crippen molar-refractivity contribution < 1.29 is 9.47 Å². The lowest BCUT2D eigenvalue weighted by Gasteiger charge is -2.35. The number of ether oxygens (including phenoxy) is 2. The van der Waals surface area contributed by atoms with E-state index in [9.17, 15) is 0 Å². The summed E-state index contributed by atoms with van der Waals surface area (Å²) in [7, 11) is 3.71. The zero-order valence-electron chi connectivity index (χ0n) is 14.1. The highest BCUT2D eigenvalue weighted by Crippen LogP contribution is 2.21. The summed E-state index contributed by atoms with van der Waals surface area (Å²) in [6.45, 7) is 4.47. The van der Waals surface area contributed by atoms with Crippen molar-refractivity contribution in [1.82, 2.24) is 19.8 Å². The minimum Gasteiger partial charge on any atom is -0.497 e. The van der Waals surface area contributed by atoms with Crippen molar-refractivity contribution in [3.63, 3.8) is 0 Å². The Morgan fingerprint density at radius 3 is 2.67 bits per heavy atom. The summed E-state index contributed by atoms with van der Waals surface area (Å²) in [6.07, 6.45) is 3.85. The highest BCUT2D eigenvalue weighted by molar-refractivity contribution is 5.85. The van der Waals surface area contributed by atoms with Crippen LogP contribution < -0.4 is 14.8 Å². The normalized spacial score (nSPS) is 18.0. The van der Waals surface area contributed by atoms with Crippen molar-refractivity contribution in [3.8, 4) is 11.5 Å². The molecule has 1 aromatic heterocycles. The van der Waals surface area contributed by atoms with Crippen LogP contribution in [0.2, 0.25) is 0 Å². The van der Waals surface area contributed by atoms with E-state index in [2.05, 4.69) is 19.8 Å². The van der Waals surface area contributed by atoms with Gasteiger partial charge in [0.15, 0.2) is 0 Å². The number of benzene rings is 1. The SMILES string of the molecule is COc1ccc(OCCN2CCNCC2c2nccn2C)cc1.Cl. The van der Waals surface area contributed by atoms with Gasteiger partial charge in [0.1, 0.15) is 23.9 Å². The summed E-state index contributed by atoms with van der Waals surface area (Å²) in [4.78, 5) is 6.93. The third-order valence-corrected chi connectivity index (χ3v) is 4.22. The molecule has 0 amide bonds. The van der Waals surface area contributed by atoms with Crippen LogP contribution in [-0.2, 0) is 7.05 Å². The van der Waals surface area contributed by atoms with E-state index in [1.165, 1.54) is 0 Å². The molecule has 0 bridgehead atoms. The van der Waals surface area contributed by atoms with Crippen LogP contribution in [0.15, 0.2) is 36.7 Å². The lowest BCUT2D eigenvalue weighted by molar-refractivity contribution is 0.127. The second-order valence-electron chi connectivity index (χ2n) is 5.68. The van der Waals surface area contributed by atoms with Crippen LogP contribution in [0.4, 0.5) is 0 Å². The Labute approximate surface area is 149 Å². The smallest absolute Gasteiger partial charge is 0.127 e. The van der Waals surface area contributed by atoms with E-state index in [0.29, 0.717) is 12.6 Å². The van der Waals surface area contributed by atoms with Crippen molar-refractivity contribution in [1.29, 1.82) is 0 Å². The number of methoxy groups -OCH3 is 1. The monoisotopic (exact) mass is 352 g/mol. The largest absolute Gasteiger partial charge is 0.497 e. The molecule has 7 heteroatoms. The Morgan fingerprint density at radius 1 is 1.25 bits per heavy atom. The maximum atomic E-state index is 5.86. The first-order chi connectivity index (χ1) is 11.3. The number of aryl methyl sites for hydroxylation is 1. The van der Waals surface area contributed by atoms with Gasteiger partial charge >= 0.3 is 0 Å². The molecule has 3 rings (SSSR count). The molecular weight excluding hydrogens is 328 g/mol. The molecule has 1 N–H and O–H groups in total. The molecule has 6 nitrogen and oxygen atoms in total. The second kappa shape index (κ2) is 8.92. The van der Waals surface area contributed by atoms with Gasteiger partial charge in [-0.05, 0) is 24.3 Å². The third kappa shape index (κ3) is 4.41. The highest BCUT2D eigenvalue weighted by Gasteiger charge is 2.26. The Hall–Kier alpha value is -1.76. The number of hydrogen-bond acceptors (Lipinski definition) is 5. The number of aromatic nitrogens is 2. The van der Waals surface area contributed by atoms with Gasteiger partial charge in [-0.3, -0.25) is 4.90 Å². The van der Waals surface area contributed by atoms with Crippen LogP contribution in [0.1, 0.15) is 11.9 Å². The fraction of sp³-hybridized carbons (Fsp3) is 0.471. The average molecular weight is 353 g/mol. The molecule has 0 saturated carbocycles. The molecule has 2 heterocycles. The number of imidazole rings is 1. The molecule has 1 aromatic carbocycles. The summed E-state index contributed by atoms with van der Waals surface area (Å²) < 4.78 is 13.1. The summed E-state index contributed by atoms with van der Waals surface area (Å²) in [5.74, 6) is 2.81. The fourth-order valence-electron chi connectivity index (χ4n) is 2.92. The number of nitrogens with one attached hydrogen (secondary N) is 1. The Morgan fingerprint density at radius 2 is 2.00 bits per heavy atom. The maximum Gasteiger partial charge on any atom is 0.127 e. The second-order valence-corrected chi connectivity index (χ2v) is 5.68. The van der Waals surface area contributed by atoms with Gasteiger partial charge in [0.25, 0.3) is 0 Å². The standard InChI is InChI=1S/C17H24N4O2.ClH/c1-20-9-8-19-17(20)16-13-18-7-10-21(16)11-12-23-15-5-3-14(22-2)4-6-15;/h3-6,8-9,16,18H,7,10-13H2,1-2H3;1H. The lowest BCUT2D eigenvalue weighted by atomic mass is 10.2. The average Bonchev–Trinajstić information content (AvgIpc) is 3.02. The van der Waals surface area contributed by atoms with Gasteiger partial charge < -0.3 is 19.4 Å². The Balaban J connectivity index is 0.00000208. The van der Waals surface area contributed by atoms with Crippen LogP contribution in [0.3, 0.4) is 0 Å². The fourth-order valence-corrected chi connectivity index (χ4v) is 2.92. The first-order valence-corrected chi connectivity index (χ1v) is 7.97. The third-order valence-electron chi connectivity index (χ3n) is 4.22. The molecule has 1 saturated heterocycles. The molecule has 0 spiro atoms. The van der Waals surface area contributed by atoms with Crippen LogP contribution in [0, 0.1) is 0 Å². The Kier molecular flexibility index (Phi) is 6.90. The van der Waals surface area contributed by atoms with Gasteiger partial charge in [-0.25, -0.2) is 4.98 Å². The molecule has 1 fully saturated rings. The van der Waals surface area contributed by atoms with Crippen molar-refractivity contribution in [2.45, 2.75) is 6.04 Å². The van der Waals surface area contributed by atoms with E-state index in [1.807, 2.05) is 43.7 Å². The van der Waals surface area contributed by atoms with Gasteiger partial charge in [-0.1, -0.05) is 0 Å². The number of piperazine rings is 1. The molecule has 24 heavy (non-hydrogen) atoms. The van der Waals surface area contributed by atoms with E-state index in [-0.39, 0.29) is 12.4 Å². The van der Waals surface area contributed by atoms with E-state index >= 15 is 0 Å². The van der Waals surface area contributed by atoms with Crippen molar-refractivity contribution in [2.24, 2.45) is 7.05 Å². The molecule has 1 aliphatic rings. The van der Waals surface area contributed by atoms with Crippen LogP contribution in [0.5, 0.6) is 11.5 Å². The van der Waals surface area contributed by atoms with Crippen molar-refractivity contribution >= 4 is 12.4 Å². The minimum atomic E-state index is 0. The van der Waals surface area contributed by atoms with Crippen LogP contribution in [-0.4, -0.2) is 54.3 Å². The molecule has 132 valence electrons. The van der Waals surface area contributed by atoms with Crippen LogP contribution >= 0.6 is 12.4 Å². The number of halogens is 1. The lowest BCUT2D eigenvalue weighted by Crippen LogP contribution is -2.48. The Bertz CT molecular complexity index is 617. The van der Waals surface area contributed by atoms with E-state index in [0.717, 1.165) is 43.5 Å².